The molecule has 10 heteroatoms. The molecule has 1 aromatic rings. The number of ether oxygens (including phenoxy) is 1. The van der Waals surface area contributed by atoms with Gasteiger partial charge in [0.25, 0.3) is 0 Å². The molecular formula is C20H21ClN4O5. The van der Waals surface area contributed by atoms with E-state index in [1.165, 1.54) is 4.90 Å². The van der Waals surface area contributed by atoms with Crippen LogP contribution >= 0.6 is 11.6 Å². The first kappa shape index (κ1) is 19.5. The summed E-state index contributed by atoms with van der Waals surface area (Å²) in [5.41, 5.74) is 4.84. The number of primary amides is 1. The summed E-state index contributed by atoms with van der Waals surface area (Å²) >= 11 is 6.27. The Kier molecular flexibility index (Phi) is 4.39. The van der Waals surface area contributed by atoms with Gasteiger partial charge in [-0.25, -0.2) is 0 Å². The van der Waals surface area contributed by atoms with E-state index < -0.39 is 47.0 Å². The number of halogens is 1. The predicted molar refractivity (Wildman–Crippen MR) is 105 cm³/mol. The molecule has 4 heterocycles. The van der Waals surface area contributed by atoms with Crippen molar-refractivity contribution in [3.8, 4) is 0 Å². The lowest BCUT2D eigenvalue weighted by Gasteiger charge is -2.30. The predicted octanol–water partition coefficient (Wildman–Crippen LogP) is 0.115. The minimum atomic E-state index is -1.48. The minimum absolute atomic E-state index is 0.147. The smallest absolute Gasteiger partial charge is 0.250 e. The Morgan fingerprint density at radius 1 is 1.30 bits per heavy atom. The molecular weight excluding hydrogens is 412 g/mol. The van der Waals surface area contributed by atoms with Gasteiger partial charge >= 0.3 is 0 Å². The van der Waals surface area contributed by atoms with Gasteiger partial charge in [0.2, 0.25) is 23.6 Å². The number of rotatable bonds is 4. The average molecular weight is 433 g/mol. The van der Waals surface area contributed by atoms with E-state index in [0.717, 1.165) is 12.8 Å². The van der Waals surface area contributed by atoms with Crippen molar-refractivity contribution in [1.29, 1.82) is 0 Å². The number of para-hydroxylation sites is 1. The highest BCUT2D eigenvalue weighted by Crippen LogP contribution is 2.54. The summed E-state index contributed by atoms with van der Waals surface area (Å²) in [7, 11) is 0. The number of carbonyl (C=O) groups excluding carboxylic acids is 4. The maximum absolute atomic E-state index is 13.5. The van der Waals surface area contributed by atoms with Crippen LogP contribution in [0.5, 0.6) is 0 Å². The fraction of sp³-hybridized carbons (Fsp3) is 0.500. The van der Waals surface area contributed by atoms with Gasteiger partial charge < -0.3 is 15.8 Å². The Hall–Kier alpha value is -2.49. The van der Waals surface area contributed by atoms with Crippen LogP contribution in [0.4, 0.5) is 5.69 Å². The molecule has 9 nitrogen and oxygen atoms in total. The van der Waals surface area contributed by atoms with E-state index >= 15 is 0 Å². The monoisotopic (exact) mass is 432 g/mol. The van der Waals surface area contributed by atoms with Crippen molar-refractivity contribution >= 4 is 40.9 Å². The number of benzene rings is 1. The number of nitrogens with one attached hydrogen (secondary N) is 2. The number of imide groups is 1. The minimum Gasteiger partial charge on any atom is -0.376 e. The van der Waals surface area contributed by atoms with E-state index in [1.807, 2.05) is 0 Å². The van der Waals surface area contributed by atoms with Crippen molar-refractivity contribution in [2.75, 3.05) is 18.5 Å². The summed E-state index contributed by atoms with van der Waals surface area (Å²) in [6, 6.07) is 4.29. The van der Waals surface area contributed by atoms with Crippen LogP contribution in [0.3, 0.4) is 0 Å². The third-order valence-electron chi connectivity index (χ3n) is 6.62. The molecule has 0 saturated carbocycles. The normalized spacial score (nSPS) is 34.6. The highest BCUT2D eigenvalue weighted by molar-refractivity contribution is 6.35. The number of carbonyl (C=O) groups is 4. The van der Waals surface area contributed by atoms with Crippen molar-refractivity contribution in [2.24, 2.45) is 17.6 Å². The molecule has 0 radical (unpaired) electrons. The van der Waals surface area contributed by atoms with Crippen molar-refractivity contribution in [2.45, 2.75) is 36.9 Å². The highest BCUT2D eigenvalue weighted by atomic mass is 35.5. The van der Waals surface area contributed by atoms with E-state index in [2.05, 4.69) is 10.6 Å². The van der Waals surface area contributed by atoms with Gasteiger partial charge in [-0.3, -0.25) is 29.4 Å². The molecule has 158 valence electrons. The molecule has 30 heavy (non-hydrogen) atoms. The summed E-state index contributed by atoms with van der Waals surface area (Å²) in [6.45, 7) is 0.742. The number of likely N-dealkylation sites (tertiary alicyclic amines) is 1. The molecule has 0 unspecified atom stereocenters. The first-order valence-corrected chi connectivity index (χ1v) is 10.4. The van der Waals surface area contributed by atoms with Crippen molar-refractivity contribution < 1.29 is 23.9 Å². The molecule has 0 aromatic heterocycles. The molecule has 0 bridgehead atoms. The van der Waals surface area contributed by atoms with E-state index in [0.29, 0.717) is 22.9 Å². The van der Waals surface area contributed by atoms with Gasteiger partial charge in [-0.1, -0.05) is 23.7 Å². The number of fused-ring (bicyclic) bond motifs is 4. The fourth-order valence-electron chi connectivity index (χ4n) is 5.42. The van der Waals surface area contributed by atoms with Crippen LogP contribution in [-0.4, -0.2) is 53.8 Å². The van der Waals surface area contributed by atoms with Gasteiger partial charge in [0.1, 0.15) is 5.54 Å². The van der Waals surface area contributed by atoms with Crippen molar-refractivity contribution in [1.82, 2.24) is 10.2 Å². The molecule has 5 rings (SSSR count). The topological polar surface area (TPSA) is 131 Å². The number of nitrogens with zero attached hydrogens (tertiary/aromatic N) is 1. The number of hydrogen-bond acceptors (Lipinski definition) is 6. The molecule has 4 aliphatic heterocycles. The number of amides is 4. The quantitative estimate of drug-likeness (QED) is 0.579. The van der Waals surface area contributed by atoms with Crippen LogP contribution in [0.1, 0.15) is 24.8 Å². The molecule has 5 atom stereocenters. The summed E-state index contributed by atoms with van der Waals surface area (Å²) in [5, 5.41) is 6.22. The van der Waals surface area contributed by atoms with Crippen LogP contribution in [0, 0.1) is 11.8 Å². The molecule has 4 N–H and O–H groups in total. The molecule has 3 fully saturated rings. The SMILES string of the molecule is NC(=O)C[C@@H]1N[C@@]2(C(=O)Nc3c(Cl)cccc32)[C@@H]2C(=O)N(C[C@@H]3CCCO3)C(=O)[C@H]12. The third-order valence-corrected chi connectivity index (χ3v) is 6.94. The molecule has 0 aliphatic carbocycles. The van der Waals surface area contributed by atoms with E-state index in [1.54, 1.807) is 18.2 Å². The van der Waals surface area contributed by atoms with Crippen LogP contribution < -0.4 is 16.4 Å². The second kappa shape index (κ2) is 6.76. The molecule has 4 aliphatic rings. The van der Waals surface area contributed by atoms with Crippen molar-refractivity contribution in [3.05, 3.63) is 28.8 Å². The van der Waals surface area contributed by atoms with Crippen LogP contribution in [0.15, 0.2) is 18.2 Å². The fourth-order valence-corrected chi connectivity index (χ4v) is 5.64. The first-order valence-electron chi connectivity index (χ1n) is 9.98. The Balaban J connectivity index is 1.60. The second-order valence-corrected chi connectivity index (χ2v) is 8.68. The third kappa shape index (κ3) is 2.55. The summed E-state index contributed by atoms with van der Waals surface area (Å²) in [6.07, 6.45) is 1.25. The summed E-state index contributed by atoms with van der Waals surface area (Å²) < 4.78 is 5.60. The molecule has 1 aromatic carbocycles. The van der Waals surface area contributed by atoms with Crippen LogP contribution in [-0.2, 0) is 29.5 Å². The van der Waals surface area contributed by atoms with Gasteiger partial charge in [0.15, 0.2) is 0 Å². The number of anilines is 1. The number of nitrogens with two attached hydrogens (primary N) is 1. The average Bonchev–Trinajstić information content (AvgIpc) is 3.42. The van der Waals surface area contributed by atoms with E-state index in [9.17, 15) is 19.2 Å². The molecule has 4 amide bonds. The maximum atomic E-state index is 13.5. The molecule has 1 spiro atoms. The lowest BCUT2D eigenvalue weighted by Crippen LogP contribution is -2.54. The molecule has 3 saturated heterocycles. The summed E-state index contributed by atoms with van der Waals surface area (Å²) in [5.74, 6) is -3.79. The first-order chi connectivity index (χ1) is 14.3. The van der Waals surface area contributed by atoms with Gasteiger partial charge in [-0.15, -0.1) is 0 Å². The Morgan fingerprint density at radius 3 is 2.80 bits per heavy atom. The zero-order valence-corrected chi connectivity index (χ0v) is 16.8. The lowest BCUT2D eigenvalue weighted by atomic mass is 9.76. The van der Waals surface area contributed by atoms with Gasteiger partial charge in [0, 0.05) is 24.6 Å². The van der Waals surface area contributed by atoms with Gasteiger partial charge in [-0.2, -0.15) is 0 Å². The Morgan fingerprint density at radius 2 is 2.10 bits per heavy atom. The standard InChI is InChI=1S/C20H21ClN4O5/c21-11-5-1-4-10-16(11)23-19(29)20(10)15-14(12(24-20)7-13(22)26)17(27)25(18(15)28)8-9-3-2-6-30-9/h1,4-5,9,12,14-15,24H,2-3,6-8H2,(H2,22,26)(H,23,29)/t9-,12-,14+,15-,20+/m0/s1. The summed E-state index contributed by atoms with van der Waals surface area (Å²) in [4.78, 5) is 52.9. The largest absolute Gasteiger partial charge is 0.376 e. The lowest BCUT2D eigenvalue weighted by molar-refractivity contribution is -0.144. The second-order valence-electron chi connectivity index (χ2n) is 8.27. The zero-order chi connectivity index (χ0) is 21.2. The van der Waals surface area contributed by atoms with Gasteiger partial charge in [0.05, 0.1) is 35.2 Å². The van der Waals surface area contributed by atoms with Crippen LogP contribution in [0.2, 0.25) is 5.02 Å². The van der Waals surface area contributed by atoms with Crippen LogP contribution in [0.25, 0.3) is 0 Å². The Labute approximate surface area is 177 Å². The van der Waals surface area contributed by atoms with E-state index in [4.69, 9.17) is 22.1 Å². The number of hydrogen-bond donors (Lipinski definition) is 3. The zero-order valence-electron chi connectivity index (χ0n) is 16.0. The van der Waals surface area contributed by atoms with Crippen molar-refractivity contribution in [3.63, 3.8) is 0 Å². The van der Waals surface area contributed by atoms with E-state index in [-0.39, 0.29) is 19.1 Å². The maximum Gasteiger partial charge on any atom is 0.250 e. The Bertz CT molecular complexity index is 978. The highest BCUT2D eigenvalue weighted by Gasteiger charge is 2.70. The van der Waals surface area contributed by atoms with Gasteiger partial charge in [-0.05, 0) is 18.9 Å².